The maximum Gasteiger partial charge on any atom is 0.303 e. The summed E-state index contributed by atoms with van der Waals surface area (Å²) in [5.74, 6) is -3.77. The molecule has 0 aliphatic carbocycles. The molecule has 3 aromatic rings. The van der Waals surface area contributed by atoms with Gasteiger partial charge in [0.05, 0.1) is 24.6 Å². The minimum absolute atomic E-state index is 0.0138. The number of nitrogens with one attached hydrogen (secondary N) is 1. The summed E-state index contributed by atoms with van der Waals surface area (Å²) in [7, 11) is 0. The zero-order valence-electron chi connectivity index (χ0n) is 24.4. The van der Waals surface area contributed by atoms with E-state index in [9.17, 15) is 23.1 Å². The van der Waals surface area contributed by atoms with Crippen LogP contribution in [0.1, 0.15) is 82.4 Å². The van der Waals surface area contributed by atoms with Crippen molar-refractivity contribution in [2.24, 2.45) is 4.99 Å². The van der Waals surface area contributed by atoms with E-state index in [4.69, 9.17) is 5.11 Å². The lowest BCUT2D eigenvalue weighted by Gasteiger charge is -2.38. The minimum Gasteiger partial charge on any atom is -0.481 e. The fourth-order valence-corrected chi connectivity index (χ4v) is 4.82. The van der Waals surface area contributed by atoms with Gasteiger partial charge in [0.2, 0.25) is 0 Å². The molecule has 13 heteroatoms. The molecule has 0 saturated carbocycles. The zero-order valence-corrected chi connectivity index (χ0v) is 24.4. The molecule has 3 heterocycles. The molecular weight excluding hydrogens is 563 g/mol. The highest BCUT2D eigenvalue weighted by Crippen LogP contribution is 2.42. The predicted octanol–water partition coefficient (Wildman–Crippen LogP) is 5.36. The number of benzene rings is 1. The number of aliphatic imine (C=N–C) groups is 1. The molecule has 2 atom stereocenters. The van der Waals surface area contributed by atoms with Crippen LogP contribution < -0.4 is 5.43 Å². The molecule has 2 aromatic heterocycles. The molecule has 1 aromatic carbocycles. The van der Waals surface area contributed by atoms with Gasteiger partial charge in [0, 0.05) is 17.9 Å². The number of hydrogen-bond donors (Lipinski definition) is 3. The molecule has 0 bridgehead atoms. The average molecular weight is 602 g/mol. The smallest absolute Gasteiger partial charge is 0.303 e. The molecule has 10 nitrogen and oxygen atoms in total. The predicted molar refractivity (Wildman–Crippen MR) is 155 cm³/mol. The average Bonchev–Trinajstić information content (AvgIpc) is 3.50. The first-order valence-electron chi connectivity index (χ1n) is 14.3. The van der Waals surface area contributed by atoms with Crippen LogP contribution in [0.4, 0.5) is 13.2 Å². The summed E-state index contributed by atoms with van der Waals surface area (Å²) in [6, 6.07) is 3.53. The summed E-state index contributed by atoms with van der Waals surface area (Å²) in [5.41, 5.74) is 0.983. The van der Waals surface area contributed by atoms with Crippen LogP contribution in [0.3, 0.4) is 0 Å². The number of halogens is 3. The number of aliphatic carboxylic acids is 1. The Bertz CT molecular complexity index is 1360. The third-order valence-corrected chi connectivity index (χ3v) is 7.19. The van der Waals surface area contributed by atoms with Crippen molar-refractivity contribution in [1.82, 2.24) is 30.4 Å². The van der Waals surface area contributed by atoms with Gasteiger partial charge in [-0.2, -0.15) is 0 Å². The van der Waals surface area contributed by atoms with Gasteiger partial charge in [0.1, 0.15) is 42.8 Å². The van der Waals surface area contributed by atoms with Crippen LogP contribution in [-0.2, 0) is 10.4 Å². The molecule has 0 amide bonds. The van der Waals surface area contributed by atoms with Crippen LogP contribution >= 0.6 is 0 Å². The number of β-amino-alcohol motifs (C(OH)–C–C–N with tert-alkyl or cyclic N) is 1. The number of carboxylic acid groups (broad SMARTS) is 1. The van der Waals surface area contributed by atoms with Gasteiger partial charge in [0.25, 0.3) is 0 Å². The summed E-state index contributed by atoms with van der Waals surface area (Å²) in [6.07, 6.45) is 14.3. The molecule has 1 aliphatic heterocycles. The second kappa shape index (κ2) is 16.6. The van der Waals surface area contributed by atoms with Crippen LogP contribution in [-0.4, -0.2) is 60.7 Å². The highest BCUT2D eigenvalue weighted by molar-refractivity contribution is 5.67. The molecule has 3 N–H and O–H groups in total. The van der Waals surface area contributed by atoms with Gasteiger partial charge >= 0.3 is 5.97 Å². The normalized spacial score (nSPS) is 14.6. The van der Waals surface area contributed by atoms with Crippen molar-refractivity contribution in [3.8, 4) is 11.3 Å². The number of hydrazine groups is 1. The van der Waals surface area contributed by atoms with Crippen LogP contribution in [0.15, 0.2) is 48.2 Å². The van der Waals surface area contributed by atoms with Crippen molar-refractivity contribution in [2.75, 3.05) is 13.2 Å². The second-order valence-electron chi connectivity index (χ2n) is 10.3. The summed E-state index contributed by atoms with van der Waals surface area (Å²) in [6.45, 7) is 3.95. The van der Waals surface area contributed by atoms with Crippen LogP contribution in [0, 0.1) is 17.5 Å². The van der Waals surface area contributed by atoms with Crippen molar-refractivity contribution in [3.63, 3.8) is 0 Å². The van der Waals surface area contributed by atoms with Gasteiger partial charge in [-0.1, -0.05) is 58.4 Å². The molecule has 43 heavy (non-hydrogen) atoms. The van der Waals surface area contributed by atoms with E-state index in [2.05, 4.69) is 37.3 Å². The van der Waals surface area contributed by atoms with E-state index in [1.807, 2.05) is 0 Å². The maximum absolute atomic E-state index is 14.5. The highest BCUT2D eigenvalue weighted by Gasteiger charge is 2.43. The van der Waals surface area contributed by atoms with E-state index in [1.165, 1.54) is 55.8 Å². The third-order valence-electron chi connectivity index (χ3n) is 7.19. The van der Waals surface area contributed by atoms with Gasteiger partial charge in [-0.15, -0.1) is 0 Å². The number of carbonyl (C=O) groups is 1. The first kappa shape index (κ1) is 33.5. The molecular formula is C30H38F3N7O3. The van der Waals surface area contributed by atoms with Crippen molar-refractivity contribution in [2.45, 2.75) is 76.7 Å². The molecule has 0 spiro atoms. The number of hydrogen-bond acceptors (Lipinski definition) is 9. The number of nitrogens with zero attached hydrogens (tertiary/aromatic N) is 6. The van der Waals surface area contributed by atoms with E-state index in [0.29, 0.717) is 13.1 Å². The highest BCUT2D eigenvalue weighted by atomic mass is 19.1. The quantitative estimate of drug-likeness (QED) is 0.209. The van der Waals surface area contributed by atoms with Crippen molar-refractivity contribution in [3.05, 3.63) is 72.0 Å². The molecule has 4 rings (SSSR count). The van der Waals surface area contributed by atoms with Crippen LogP contribution in [0.25, 0.3) is 11.3 Å². The lowest BCUT2D eigenvalue weighted by Crippen LogP contribution is -2.47. The van der Waals surface area contributed by atoms with Crippen molar-refractivity contribution in [1.29, 1.82) is 0 Å². The second-order valence-corrected chi connectivity index (χ2v) is 10.3. The maximum atomic E-state index is 14.5. The topological polar surface area (TPSA) is 137 Å². The molecule has 0 unspecified atom stereocenters. The van der Waals surface area contributed by atoms with E-state index in [-0.39, 0.29) is 29.1 Å². The van der Waals surface area contributed by atoms with E-state index in [0.717, 1.165) is 43.7 Å². The van der Waals surface area contributed by atoms with Crippen LogP contribution in [0.2, 0.25) is 0 Å². The lowest BCUT2D eigenvalue weighted by atomic mass is 9.77. The Morgan fingerprint density at radius 2 is 1.70 bits per heavy atom. The first-order chi connectivity index (χ1) is 20.7. The number of rotatable bonds is 14. The number of aromatic nitrogens is 4. The SMILES string of the molecule is CCCCCCCCCC(=O)O.C[C@@H](c1ncncc1F)[C@](O)(CN1C=NCN1)c1ccc(F)cc1-c1ncncc1F. The van der Waals surface area contributed by atoms with Crippen molar-refractivity contribution >= 4 is 12.3 Å². The largest absolute Gasteiger partial charge is 0.481 e. The Kier molecular flexibility index (Phi) is 13.0. The zero-order chi connectivity index (χ0) is 31.2. The van der Waals surface area contributed by atoms with Crippen LogP contribution in [0.5, 0.6) is 0 Å². The first-order valence-corrected chi connectivity index (χ1v) is 14.3. The monoisotopic (exact) mass is 601 g/mol. The molecule has 1 aliphatic rings. The fourth-order valence-electron chi connectivity index (χ4n) is 4.82. The lowest BCUT2D eigenvalue weighted by molar-refractivity contribution is -0.137. The van der Waals surface area contributed by atoms with Gasteiger partial charge in [-0.05, 0) is 24.1 Å². The molecule has 232 valence electrons. The summed E-state index contributed by atoms with van der Waals surface area (Å²) in [4.78, 5) is 29.4. The Morgan fingerprint density at radius 3 is 2.33 bits per heavy atom. The Morgan fingerprint density at radius 1 is 1.02 bits per heavy atom. The standard InChI is InChI=1S/C20H18F3N7O.C10H20O2/c1-12(18-16(22)5-24-8-27-18)20(31,7-30-11-26-10-29-30)15-3-2-13(21)4-14(15)19-17(23)6-25-9-28-19;1-2-3-4-5-6-7-8-9-10(11)12/h2-6,8-9,11-12,29,31H,7,10H2,1H3;2-9H2,1H3,(H,11,12)/t12-,20+;/m0./s1. The summed E-state index contributed by atoms with van der Waals surface area (Å²) >= 11 is 0. The van der Waals surface area contributed by atoms with Gasteiger partial charge < -0.3 is 10.2 Å². The van der Waals surface area contributed by atoms with E-state index >= 15 is 0 Å². The number of carboxylic acids is 1. The van der Waals surface area contributed by atoms with Gasteiger partial charge in [-0.25, -0.2) is 38.5 Å². The summed E-state index contributed by atoms with van der Waals surface area (Å²) < 4.78 is 43.2. The number of aliphatic hydroxyl groups is 1. The van der Waals surface area contributed by atoms with Gasteiger partial charge in [-0.3, -0.25) is 14.8 Å². The van der Waals surface area contributed by atoms with E-state index < -0.39 is 34.9 Å². The Hall–Kier alpha value is -3.97. The molecule has 0 fully saturated rings. The fraction of sp³-hybridized carbons (Fsp3) is 0.467. The summed E-state index contributed by atoms with van der Waals surface area (Å²) in [5, 5.41) is 21.8. The van der Waals surface area contributed by atoms with Crippen molar-refractivity contribution < 1.29 is 28.2 Å². The molecule has 0 saturated heterocycles. The van der Waals surface area contributed by atoms with Gasteiger partial charge in [0.15, 0.2) is 11.6 Å². The minimum atomic E-state index is -1.86. The Labute approximate surface area is 249 Å². The Balaban J connectivity index is 0.000000359. The molecule has 0 radical (unpaired) electrons. The van der Waals surface area contributed by atoms with E-state index in [1.54, 1.807) is 6.92 Å². The number of unbranched alkanes of at least 4 members (excludes halogenated alkanes) is 6. The third kappa shape index (κ3) is 9.52.